The molecule has 9 heteroatoms. The van der Waals surface area contributed by atoms with Crippen LogP contribution in [0.3, 0.4) is 0 Å². The second kappa shape index (κ2) is 9.92. The van der Waals surface area contributed by atoms with E-state index < -0.39 is 17.9 Å². The third kappa shape index (κ3) is 4.86. The van der Waals surface area contributed by atoms with Gasteiger partial charge in [0.05, 0.1) is 19.8 Å². The fourth-order valence-corrected chi connectivity index (χ4v) is 3.80. The zero-order chi connectivity index (χ0) is 21.6. The van der Waals surface area contributed by atoms with E-state index in [2.05, 4.69) is 18.7 Å². The summed E-state index contributed by atoms with van der Waals surface area (Å²) in [6.07, 6.45) is 0. The lowest BCUT2D eigenvalue weighted by atomic mass is 10.1. The molecule has 1 aromatic heterocycles. The van der Waals surface area contributed by atoms with Crippen molar-refractivity contribution in [3.05, 3.63) is 45.8 Å². The Balaban J connectivity index is 2.23. The summed E-state index contributed by atoms with van der Waals surface area (Å²) >= 11 is 0.881. The predicted molar refractivity (Wildman–Crippen MR) is 111 cm³/mol. The number of hydrogen-bond acceptors (Lipinski definition) is 9. The number of nitrogens with zero attached hydrogens (tertiary/aromatic N) is 1. The smallest absolute Gasteiger partial charge is 0.348 e. The maximum atomic E-state index is 12.5. The first-order chi connectivity index (χ1) is 13.9. The molecule has 0 spiro atoms. The highest BCUT2D eigenvalue weighted by Crippen LogP contribution is 2.33. The molecule has 0 fully saturated rings. The van der Waals surface area contributed by atoms with Gasteiger partial charge in [0.25, 0.3) is 0 Å². The van der Waals surface area contributed by atoms with Crippen molar-refractivity contribution < 1.29 is 28.6 Å². The minimum atomic E-state index is -0.719. The zero-order valence-electron chi connectivity index (χ0n) is 16.8. The molecule has 156 valence electrons. The van der Waals surface area contributed by atoms with Gasteiger partial charge < -0.3 is 24.8 Å². The van der Waals surface area contributed by atoms with Crippen molar-refractivity contribution in [2.24, 2.45) is 0 Å². The Bertz CT molecular complexity index is 887. The van der Waals surface area contributed by atoms with Crippen LogP contribution in [0.5, 0.6) is 0 Å². The average Bonchev–Trinajstić information content (AvgIpc) is 3.08. The Morgan fingerprint density at radius 1 is 0.966 bits per heavy atom. The summed E-state index contributed by atoms with van der Waals surface area (Å²) in [6, 6.07) is 7.01. The number of rotatable bonds is 8. The summed E-state index contributed by atoms with van der Waals surface area (Å²) in [5.74, 6) is -1.98. The molecule has 0 atom stereocenters. The van der Waals surface area contributed by atoms with Crippen LogP contribution >= 0.6 is 11.3 Å². The molecular formula is C20H24N2O6S. The lowest BCUT2D eigenvalue weighted by molar-refractivity contribution is 0.0452. The summed E-state index contributed by atoms with van der Waals surface area (Å²) < 4.78 is 14.8. The fraction of sp³-hybridized carbons (Fsp3) is 0.350. The summed E-state index contributed by atoms with van der Waals surface area (Å²) in [5.41, 5.74) is 7.38. The molecule has 0 unspecified atom stereocenters. The van der Waals surface area contributed by atoms with Gasteiger partial charge in [0.15, 0.2) is 0 Å². The van der Waals surface area contributed by atoms with E-state index in [1.165, 1.54) is 14.2 Å². The molecule has 8 nitrogen and oxygen atoms in total. The van der Waals surface area contributed by atoms with Crippen LogP contribution in [0.1, 0.15) is 49.8 Å². The van der Waals surface area contributed by atoms with Crippen LogP contribution in [-0.4, -0.2) is 45.2 Å². The predicted octanol–water partition coefficient (Wildman–Crippen LogP) is 3.11. The highest BCUT2D eigenvalue weighted by molar-refractivity contribution is 7.18. The van der Waals surface area contributed by atoms with Gasteiger partial charge in [-0.2, -0.15) is 0 Å². The molecule has 29 heavy (non-hydrogen) atoms. The molecule has 0 amide bonds. The van der Waals surface area contributed by atoms with Crippen LogP contribution in [0, 0.1) is 0 Å². The zero-order valence-corrected chi connectivity index (χ0v) is 17.6. The molecule has 0 aliphatic rings. The number of benzene rings is 1. The van der Waals surface area contributed by atoms with Crippen LogP contribution in [0.4, 0.5) is 10.7 Å². The number of anilines is 2. The number of ether oxygens (including phenoxy) is 3. The molecule has 0 aliphatic heterocycles. The first kappa shape index (κ1) is 22.2. The second-order valence-corrected chi connectivity index (χ2v) is 6.98. The Kier molecular flexibility index (Phi) is 7.60. The van der Waals surface area contributed by atoms with Crippen molar-refractivity contribution in [2.75, 3.05) is 37.9 Å². The van der Waals surface area contributed by atoms with Gasteiger partial charge in [-0.05, 0) is 38.1 Å². The van der Waals surface area contributed by atoms with Crippen molar-refractivity contribution in [3.8, 4) is 0 Å². The van der Waals surface area contributed by atoms with Gasteiger partial charge in [-0.1, -0.05) is 0 Å². The van der Waals surface area contributed by atoms with Crippen LogP contribution in [0.15, 0.2) is 24.3 Å². The number of esters is 3. The van der Waals surface area contributed by atoms with Gasteiger partial charge in [-0.3, -0.25) is 0 Å². The third-order valence-corrected chi connectivity index (χ3v) is 5.42. The topological polar surface area (TPSA) is 108 Å². The maximum Gasteiger partial charge on any atom is 0.348 e. The molecule has 0 aliphatic carbocycles. The lowest BCUT2D eigenvalue weighted by Gasteiger charge is -2.20. The number of carbonyl (C=O) groups is 3. The quantitative estimate of drug-likeness (QED) is 0.513. The molecule has 0 saturated heterocycles. The Labute approximate surface area is 173 Å². The van der Waals surface area contributed by atoms with Gasteiger partial charge >= 0.3 is 17.9 Å². The van der Waals surface area contributed by atoms with E-state index in [0.717, 1.165) is 30.1 Å². The molecule has 2 aromatic rings. The maximum absolute atomic E-state index is 12.5. The summed E-state index contributed by atoms with van der Waals surface area (Å²) in [7, 11) is 2.41. The van der Waals surface area contributed by atoms with Gasteiger partial charge in [0.1, 0.15) is 22.0 Å². The highest BCUT2D eigenvalue weighted by atomic mass is 32.1. The van der Waals surface area contributed by atoms with E-state index in [0.29, 0.717) is 5.56 Å². The van der Waals surface area contributed by atoms with Crippen LogP contribution in [0.25, 0.3) is 0 Å². The highest BCUT2D eigenvalue weighted by Gasteiger charge is 2.28. The molecule has 0 saturated carbocycles. The second-order valence-electron chi connectivity index (χ2n) is 5.93. The largest absolute Gasteiger partial charge is 0.465 e. The van der Waals surface area contributed by atoms with Crippen LogP contribution in [0.2, 0.25) is 0 Å². The number of thiophene rings is 1. The molecule has 0 radical (unpaired) electrons. The molecule has 1 aromatic carbocycles. The molecule has 0 bridgehead atoms. The van der Waals surface area contributed by atoms with Gasteiger partial charge in [-0.15, -0.1) is 11.3 Å². The van der Waals surface area contributed by atoms with Crippen molar-refractivity contribution >= 4 is 39.9 Å². The third-order valence-electron chi connectivity index (χ3n) is 4.37. The van der Waals surface area contributed by atoms with Crippen molar-refractivity contribution in [3.63, 3.8) is 0 Å². The number of hydrogen-bond donors (Lipinski definition) is 1. The SMILES string of the molecule is CCN(CC)c1ccc(C(=O)OCc2c(C(=O)OC)sc(N)c2C(=O)OC)cc1. The number of methoxy groups -OCH3 is 2. The van der Waals surface area contributed by atoms with Gasteiger partial charge in [0.2, 0.25) is 0 Å². The number of carbonyl (C=O) groups excluding carboxylic acids is 3. The average molecular weight is 420 g/mol. The van der Waals surface area contributed by atoms with E-state index >= 15 is 0 Å². The Hall–Kier alpha value is -3.07. The van der Waals surface area contributed by atoms with E-state index in [4.69, 9.17) is 19.9 Å². The lowest BCUT2D eigenvalue weighted by Crippen LogP contribution is -2.21. The van der Waals surface area contributed by atoms with Crippen molar-refractivity contribution in [1.29, 1.82) is 0 Å². The first-order valence-corrected chi connectivity index (χ1v) is 9.79. The van der Waals surface area contributed by atoms with E-state index in [9.17, 15) is 14.4 Å². The van der Waals surface area contributed by atoms with E-state index in [1.807, 2.05) is 12.1 Å². The fourth-order valence-electron chi connectivity index (χ4n) is 2.82. The van der Waals surface area contributed by atoms with E-state index in [1.54, 1.807) is 12.1 Å². The molecule has 2 rings (SSSR count). The molecular weight excluding hydrogens is 396 g/mol. The van der Waals surface area contributed by atoms with Crippen LogP contribution < -0.4 is 10.6 Å². The summed E-state index contributed by atoms with van der Waals surface area (Å²) in [6.45, 7) is 5.49. The first-order valence-electron chi connectivity index (χ1n) is 8.97. The van der Waals surface area contributed by atoms with Crippen LogP contribution in [-0.2, 0) is 20.8 Å². The Morgan fingerprint density at radius 2 is 1.55 bits per heavy atom. The Morgan fingerprint density at radius 3 is 2.07 bits per heavy atom. The van der Waals surface area contributed by atoms with Crippen molar-refractivity contribution in [2.45, 2.75) is 20.5 Å². The monoisotopic (exact) mass is 420 g/mol. The minimum absolute atomic E-state index is 0.00239. The number of nitrogen functional groups attached to an aromatic ring is 1. The summed E-state index contributed by atoms with van der Waals surface area (Å²) in [4.78, 5) is 38.8. The number of nitrogens with two attached hydrogens (primary N) is 1. The van der Waals surface area contributed by atoms with Gasteiger partial charge in [0, 0.05) is 24.3 Å². The minimum Gasteiger partial charge on any atom is -0.465 e. The van der Waals surface area contributed by atoms with Crippen molar-refractivity contribution in [1.82, 2.24) is 0 Å². The standard InChI is InChI=1S/C20H24N2O6S/c1-5-22(6-2)13-9-7-12(8-10-13)18(23)28-11-14-15(19(24)26-3)17(21)29-16(14)20(25)27-4/h7-10H,5-6,11,21H2,1-4H3. The molecule has 1 heterocycles. The normalized spacial score (nSPS) is 10.3. The summed E-state index contributed by atoms with van der Waals surface area (Å²) in [5, 5.41) is 0.0897. The molecule has 2 N–H and O–H groups in total. The van der Waals surface area contributed by atoms with Gasteiger partial charge in [-0.25, -0.2) is 14.4 Å². The van der Waals surface area contributed by atoms with E-state index in [-0.39, 0.29) is 27.6 Å².